The predicted octanol–water partition coefficient (Wildman–Crippen LogP) is 5.71. The van der Waals surface area contributed by atoms with Crippen LogP contribution in [-0.4, -0.2) is 43.6 Å². The molecule has 4 aromatic rings. The molecule has 1 unspecified atom stereocenters. The first-order valence-electron chi connectivity index (χ1n) is 11.5. The number of aryl methyl sites for hydroxylation is 1. The van der Waals surface area contributed by atoms with Gasteiger partial charge in [-0.15, -0.1) is 5.10 Å². The molecule has 1 N–H and O–H groups in total. The third kappa shape index (κ3) is 3.50. The summed E-state index contributed by atoms with van der Waals surface area (Å²) in [7, 11) is 0. The molecular weight excluding hydrogens is 493 g/mol. The van der Waals surface area contributed by atoms with Crippen LogP contribution in [0.1, 0.15) is 12.1 Å². The largest absolute Gasteiger partial charge is 0.446 e. The number of nitrogens with zero attached hydrogens (tertiary/aromatic N) is 5. The molecule has 4 atom stereocenters. The number of alkyl halides is 3. The zero-order chi connectivity index (χ0) is 23.9. The van der Waals surface area contributed by atoms with Crippen LogP contribution in [0.4, 0.5) is 24.1 Å². The lowest BCUT2D eigenvalue weighted by atomic mass is 9.71. The molecule has 4 heterocycles. The summed E-state index contributed by atoms with van der Waals surface area (Å²) in [5.74, 6) is 1.82. The molecule has 2 saturated carbocycles. The van der Waals surface area contributed by atoms with Crippen LogP contribution < -0.4 is 10.2 Å². The standard InChI is InChI=1S/C24H21F3N6S2/c1-13-9-19(35-31-13)32-11-18-20(17-10-23(17,18)12-32)28-22-29-21-16(3-2-8-33(21)30-22)14-4-6-15(7-5-14)34-24(25,26)27/h2-9,17-18,20H,10-12H2,1H3,(H,28,30)/t17-,18-,20+,23?/m0/s1. The lowest BCUT2D eigenvalue weighted by Gasteiger charge is -2.38. The average Bonchev–Trinajstić information content (AvgIpc) is 3.14. The van der Waals surface area contributed by atoms with E-state index in [0.717, 1.165) is 29.9 Å². The molecule has 7 rings (SSSR count). The van der Waals surface area contributed by atoms with Crippen molar-refractivity contribution in [2.24, 2.45) is 17.3 Å². The van der Waals surface area contributed by atoms with Crippen molar-refractivity contribution in [2.75, 3.05) is 23.3 Å². The Kier molecular flexibility index (Phi) is 4.52. The summed E-state index contributed by atoms with van der Waals surface area (Å²) in [6.45, 7) is 4.16. The molecule has 11 heteroatoms. The van der Waals surface area contributed by atoms with Gasteiger partial charge in [0, 0.05) is 41.7 Å². The summed E-state index contributed by atoms with van der Waals surface area (Å²) in [4.78, 5) is 7.41. The summed E-state index contributed by atoms with van der Waals surface area (Å²) in [6, 6.07) is 12.7. The SMILES string of the molecule is Cc1cc(N2C[C@H]3[C@H](Nc4nc5c(-c6ccc(SC(F)(F)F)cc6)cccn5n4)[C@@H]4CC34C2)sn1. The number of anilines is 2. The number of pyridine rings is 1. The van der Waals surface area contributed by atoms with Gasteiger partial charge in [-0.05, 0) is 83.9 Å². The minimum atomic E-state index is -4.30. The molecule has 1 spiro atoms. The number of fused-ring (bicyclic) bond motifs is 1. The second-order valence-electron chi connectivity index (χ2n) is 9.71. The van der Waals surface area contributed by atoms with Gasteiger partial charge in [0.25, 0.3) is 0 Å². The van der Waals surface area contributed by atoms with Crippen LogP contribution in [0.3, 0.4) is 0 Å². The number of aromatic nitrogens is 4. The lowest BCUT2D eigenvalue weighted by molar-refractivity contribution is -0.0328. The Labute approximate surface area is 207 Å². The van der Waals surface area contributed by atoms with Gasteiger partial charge in [-0.2, -0.15) is 22.5 Å². The topological polar surface area (TPSA) is 58.4 Å². The minimum absolute atomic E-state index is 0.110. The van der Waals surface area contributed by atoms with Crippen LogP contribution in [0, 0.1) is 24.2 Å². The van der Waals surface area contributed by atoms with Crippen LogP contribution >= 0.6 is 23.3 Å². The van der Waals surface area contributed by atoms with Crippen molar-refractivity contribution in [3.8, 4) is 11.1 Å². The van der Waals surface area contributed by atoms with Crippen molar-refractivity contribution in [3.63, 3.8) is 0 Å². The average molecular weight is 515 g/mol. The Morgan fingerprint density at radius 2 is 2.00 bits per heavy atom. The number of rotatable bonds is 5. The van der Waals surface area contributed by atoms with Crippen LogP contribution in [0.5, 0.6) is 0 Å². The number of thioether (sulfide) groups is 1. The smallest absolute Gasteiger partial charge is 0.361 e. The molecule has 0 radical (unpaired) electrons. The van der Waals surface area contributed by atoms with Gasteiger partial charge in [0.15, 0.2) is 5.65 Å². The molecule has 1 aliphatic heterocycles. The third-order valence-electron chi connectivity index (χ3n) is 7.67. The normalized spacial score (nSPS) is 27.0. The van der Waals surface area contributed by atoms with E-state index in [-0.39, 0.29) is 16.7 Å². The van der Waals surface area contributed by atoms with E-state index in [2.05, 4.69) is 25.8 Å². The van der Waals surface area contributed by atoms with Gasteiger partial charge in [0.2, 0.25) is 5.95 Å². The van der Waals surface area contributed by atoms with E-state index in [4.69, 9.17) is 4.98 Å². The van der Waals surface area contributed by atoms with Gasteiger partial charge < -0.3 is 10.2 Å². The van der Waals surface area contributed by atoms with Crippen molar-refractivity contribution in [1.29, 1.82) is 0 Å². The van der Waals surface area contributed by atoms with Crippen molar-refractivity contribution in [2.45, 2.75) is 29.8 Å². The molecule has 35 heavy (non-hydrogen) atoms. The molecule has 3 aromatic heterocycles. The van der Waals surface area contributed by atoms with Gasteiger partial charge in [0.05, 0.1) is 5.69 Å². The van der Waals surface area contributed by atoms with Crippen molar-refractivity contribution >= 4 is 39.9 Å². The Morgan fingerprint density at radius 1 is 1.17 bits per heavy atom. The Hall–Kier alpha value is -2.79. The van der Waals surface area contributed by atoms with E-state index in [0.29, 0.717) is 34.9 Å². The maximum absolute atomic E-state index is 12.7. The highest BCUT2D eigenvalue weighted by atomic mass is 32.2. The highest BCUT2D eigenvalue weighted by Gasteiger charge is 2.76. The first-order chi connectivity index (χ1) is 16.8. The lowest BCUT2D eigenvalue weighted by Crippen LogP contribution is -2.47. The molecule has 6 nitrogen and oxygen atoms in total. The summed E-state index contributed by atoms with van der Waals surface area (Å²) in [6.07, 6.45) is 3.08. The molecular formula is C24H21F3N6S2. The van der Waals surface area contributed by atoms with Gasteiger partial charge >= 0.3 is 5.51 Å². The summed E-state index contributed by atoms with van der Waals surface area (Å²) in [5, 5.41) is 9.51. The second kappa shape index (κ2) is 7.36. The van der Waals surface area contributed by atoms with Crippen molar-refractivity contribution in [3.05, 3.63) is 54.4 Å². The molecule has 3 fully saturated rings. The van der Waals surface area contributed by atoms with E-state index in [1.165, 1.54) is 23.6 Å². The van der Waals surface area contributed by atoms with Crippen LogP contribution in [0.15, 0.2) is 53.6 Å². The molecule has 180 valence electrons. The van der Waals surface area contributed by atoms with Crippen molar-refractivity contribution in [1.82, 2.24) is 19.0 Å². The zero-order valence-electron chi connectivity index (χ0n) is 18.7. The molecule has 1 saturated heterocycles. The first kappa shape index (κ1) is 21.5. The third-order valence-corrected chi connectivity index (χ3v) is 9.35. The molecule has 2 aliphatic carbocycles. The molecule has 3 aliphatic rings. The Bertz CT molecular complexity index is 1430. The molecule has 0 amide bonds. The fourth-order valence-electron chi connectivity index (χ4n) is 6.08. The fraction of sp³-hybridized carbons (Fsp3) is 0.375. The fourth-order valence-corrected chi connectivity index (χ4v) is 7.39. The van der Waals surface area contributed by atoms with Crippen LogP contribution in [-0.2, 0) is 0 Å². The van der Waals surface area contributed by atoms with Gasteiger partial charge in [-0.25, -0.2) is 4.52 Å². The summed E-state index contributed by atoms with van der Waals surface area (Å²) in [5.41, 5.74) is -0.485. The van der Waals surface area contributed by atoms with Crippen molar-refractivity contribution < 1.29 is 13.2 Å². The van der Waals surface area contributed by atoms with E-state index >= 15 is 0 Å². The number of hydrogen-bond acceptors (Lipinski definition) is 7. The number of benzene rings is 1. The zero-order valence-corrected chi connectivity index (χ0v) is 20.3. The van der Waals surface area contributed by atoms with Gasteiger partial charge in [-0.3, -0.25) is 0 Å². The van der Waals surface area contributed by atoms with E-state index in [1.54, 1.807) is 28.2 Å². The van der Waals surface area contributed by atoms with E-state index in [9.17, 15) is 13.2 Å². The second-order valence-corrected chi connectivity index (χ2v) is 11.6. The minimum Gasteiger partial charge on any atom is -0.361 e. The van der Waals surface area contributed by atoms with E-state index < -0.39 is 5.51 Å². The summed E-state index contributed by atoms with van der Waals surface area (Å²) >= 11 is 1.47. The van der Waals surface area contributed by atoms with E-state index in [1.807, 2.05) is 25.3 Å². The van der Waals surface area contributed by atoms with Gasteiger partial charge in [0.1, 0.15) is 5.00 Å². The molecule has 0 bridgehead atoms. The molecule has 1 aromatic carbocycles. The Morgan fingerprint density at radius 3 is 2.74 bits per heavy atom. The predicted molar refractivity (Wildman–Crippen MR) is 131 cm³/mol. The highest BCUT2D eigenvalue weighted by molar-refractivity contribution is 8.00. The maximum atomic E-state index is 12.7. The number of halogens is 3. The van der Waals surface area contributed by atoms with Crippen LogP contribution in [0.25, 0.3) is 16.8 Å². The van der Waals surface area contributed by atoms with Crippen LogP contribution in [0.2, 0.25) is 0 Å². The first-order valence-corrected chi connectivity index (χ1v) is 13.0. The quantitative estimate of drug-likeness (QED) is 0.345. The summed E-state index contributed by atoms with van der Waals surface area (Å²) < 4.78 is 44.2. The number of nitrogens with one attached hydrogen (secondary N) is 1. The maximum Gasteiger partial charge on any atom is 0.446 e. The highest BCUT2D eigenvalue weighted by Crippen LogP contribution is 2.74. The monoisotopic (exact) mass is 514 g/mol. The number of hydrogen-bond donors (Lipinski definition) is 1. The van der Waals surface area contributed by atoms with Gasteiger partial charge in [-0.1, -0.05) is 12.1 Å². The Balaban J connectivity index is 1.11.